The number of carbonyl (C=O) groups is 1. The van der Waals surface area contributed by atoms with Crippen LogP contribution in [0.4, 0.5) is 4.79 Å². The minimum atomic E-state index is 0.123. The summed E-state index contributed by atoms with van der Waals surface area (Å²) in [5, 5.41) is 10.3. The van der Waals surface area contributed by atoms with Crippen LogP contribution in [0.15, 0.2) is 29.8 Å². The number of benzene rings is 1. The van der Waals surface area contributed by atoms with Crippen LogP contribution < -0.4 is 0 Å². The standard InChI is InChI=1S/C22H28ClN3O2/c1-2-15-28-20-9-13-26(14-10-20)22(27)25-11-7-18(8-12-25)21(16-24)17-3-5-19(23)6-4-17/h3-6,20H,2,7-15H2,1H3. The van der Waals surface area contributed by atoms with Gasteiger partial charge in [-0.25, -0.2) is 4.79 Å². The summed E-state index contributed by atoms with van der Waals surface area (Å²) in [6.45, 7) is 5.77. The zero-order valence-electron chi connectivity index (χ0n) is 16.5. The summed E-state index contributed by atoms with van der Waals surface area (Å²) < 4.78 is 5.81. The summed E-state index contributed by atoms with van der Waals surface area (Å²) >= 11 is 5.95. The van der Waals surface area contributed by atoms with Crippen LogP contribution in [-0.2, 0) is 4.74 Å². The van der Waals surface area contributed by atoms with Crippen molar-refractivity contribution in [1.82, 2.24) is 9.80 Å². The number of hydrogen-bond donors (Lipinski definition) is 0. The van der Waals surface area contributed by atoms with Gasteiger partial charge in [-0.15, -0.1) is 0 Å². The van der Waals surface area contributed by atoms with Crippen molar-refractivity contribution in [3.8, 4) is 6.07 Å². The largest absolute Gasteiger partial charge is 0.378 e. The highest BCUT2D eigenvalue weighted by Gasteiger charge is 2.28. The molecule has 0 N–H and O–H groups in total. The molecule has 2 aliphatic heterocycles. The lowest BCUT2D eigenvalue weighted by atomic mass is 9.94. The van der Waals surface area contributed by atoms with E-state index in [1.54, 1.807) is 12.1 Å². The van der Waals surface area contributed by atoms with E-state index in [-0.39, 0.29) is 12.1 Å². The lowest BCUT2D eigenvalue weighted by Gasteiger charge is -2.37. The number of allylic oxidation sites excluding steroid dienone is 1. The van der Waals surface area contributed by atoms with E-state index in [0.717, 1.165) is 68.5 Å². The van der Waals surface area contributed by atoms with Crippen molar-refractivity contribution in [3.05, 3.63) is 40.4 Å². The number of urea groups is 1. The number of nitrogens with zero attached hydrogens (tertiary/aromatic N) is 3. The summed E-state index contributed by atoms with van der Waals surface area (Å²) in [5.74, 6) is 0. The Morgan fingerprint density at radius 1 is 1.14 bits per heavy atom. The van der Waals surface area contributed by atoms with Crippen molar-refractivity contribution in [3.63, 3.8) is 0 Å². The van der Waals surface area contributed by atoms with E-state index in [0.29, 0.717) is 18.1 Å². The molecule has 0 saturated carbocycles. The van der Waals surface area contributed by atoms with Crippen molar-refractivity contribution < 1.29 is 9.53 Å². The Kier molecular flexibility index (Phi) is 7.36. The number of nitriles is 1. The summed E-state index contributed by atoms with van der Waals surface area (Å²) in [6, 6.07) is 9.85. The van der Waals surface area contributed by atoms with Gasteiger partial charge in [0.25, 0.3) is 0 Å². The number of rotatable bonds is 4. The van der Waals surface area contributed by atoms with Crippen LogP contribution in [0, 0.1) is 11.3 Å². The van der Waals surface area contributed by atoms with E-state index in [1.807, 2.05) is 21.9 Å². The molecular weight excluding hydrogens is 374 g/mol. The Morgan fingerprint density at radius 3 is 2.32 bits per heavy atom. The number of likely N-dealkylation sites (tertiary alicyclic amines) is 2. The maximum atomic E-state index is 12.8. The Labute approximate surface area is 172 Å². The molecule has 1 aromatic rings. The van der Waals surface area contributed by atoms with Crippen molar-refractivity contribution in [1.29, 1.82) is 5.26 Å². The van der Waals surface area contributed by atoms with Crippen LogP contribution in [-0.4, -0.2) is 54.7 Å². The zero-order valence-corrected chi connectivity index (χ0v) is 17.2. The lowest BCUT2D eigenvalue weighted by Crippen LogP contribution is -2.49. The first-order chi connectivity index (χ1) is 13.6. The molecule has 0 bridgehead atoms. The van der Waals surface area contributed by atoms with Gasteiger partial charge in [-0.1, -0.05) is 30.7 Å². The highest BCUT2D eigenvalue weighted by molar-refractivity contribution is 6.30. The SMILES string of the molecule is CCCOC1CCN(C(=O)N2CCC(=C(C#N)c3ccc(Cl)cc3)CC2)CC1. The van der Waals surface area contributed by atoms with E-state index in [2.05, 4.69) is 13.0 Å². The van der Waals surface area contributed by atoms with Crippen molar-refractivity contribution >= 4 is 23.2 Å². The summed E-state index contributed by atoms with van der Waals surface area (Å²) in [7, 11) is 0. The van der Waals surface area contributed by atoms with Crippen LogP contribution in [0.5, 0.6) is 0 Å². The van der Waals surface area contributed by atoms with Gasteiger partial charge in [0.05, 0.1) is 17.7 Å². The summed E-state index contributed by atoms with van der Waals surface area (Å²) in [4.78, 5) is 16.7. The first-order valence-corrected chi connectivity index (χ1v) is 10.5. The monoisotopic (exact) mass is 401 g/mol. The van der Waals surface area contributed by atoms with Crippen LogP contribution in [0.1, 0.15) is 44.6 Å². The lowest BCUT2D eigenvalue weighted by molar-refractivity contribution is 0.0118. The molecule has 0 aromatic heterocycles. The second-order valence-electron chi connectivity index (χ2n) is 7.42. The van der Waals surface area contributed by atoms with Gasteiger partial charge in [-0.05, 0) is 55.4 Å². The van der Waals surface area contributed by atoms with Gasteiger partial charge < -0.3 is 14.5 Å². The molecule has 5 nitrogen and oxygen atoms in total. The van der Waals surface area contributed by atoms with E-state index >= 15 is 0 Å². The fourth-order valence-electron chi connectivity index (χ4n) is 3.88. The molecule has 2 amide bonds. The normalized spacial score (nSPS) is 18.1. The summed E-state index contributed by atoms with van der Waals surface area (Å²) in [5.41, 5.74) is 2.74. The topological polar surface area (TPSA) is 56.6 Å². The minimum absolute atomic E-state index is 0.123. The van der Waals surface area contributed by atoms with Gasteiger partial charge in [-0.3, -0.25) is 0 Å². The number of ether oxygens (including phenoxy) is 1. The Morgan fingerprint density at radius 2 is 1.75 bits per heavy atom. The van der Waals surface area contributed by atoms with E-state index in [1.165, 1.54) is 0 Å². The number of carbonyl (C=O) groups excluding carboxylic acids is 1. The minimum Gasteiger partial charge on any atom is -0.378 e. The van der Waals surface area contributed by atoms with E-state index in [4.69, 9.17) is 16.3 Å². The number of piperidine rings is 2. The highest BCUT2D eigenvalue weighted by Crippen LogP contribution is 2.28. The second kappa shape index (κ2) is 9.95. The average Bonchev–Trinajstić information content (AvgIpc) is 2.74. The zero-order chi connectivity index (χ0) is 19.9. The van der Waals surface area contributed by atoms with Gasteiger partial charge in [0, 0.05) is 37.8 Å². The molecule has 1 aromatic carbocycles. The third-order valence-corrected chi connectivity index (χ3v) is 5.76. The maximum absolute atomic E-state index is 12.8. The molecule has 0 atom stereocenters. The fraction of sp³-hybridized carbons (Fsp3) is 0.545. The first-order valence-electron chi connectivity index (χ1n) is 10.2. The van der Waals surface area contributed by atoms with E-state index in [9.17, 15) is 10.1 Å². The summed E-state index contributed by atoms with van der Waals surface area (Å²) in [6.07, 6.45) is 4.64. The van der Waals surface area contributed by atoms with E-state index < -0.39 is 0 Å². The van der Waals surface area contributed by atoms with Gasteiger partial charge in [-0.2, -0.15) is 5.26 Å². The first kappa shape index (κ1) is 20.7. The van der Waals surface area contributed by atoms with Gasteiger partial charge in [0.15, 0.2) is 0 Å². The highest BCUT2D eigenvalue weighted by atomic mass is 35.5. The van der Waals surface area contributed by atoms with Crippen molar-refractivity contribution in [2.24, 2.45) is 0 Å². The number of halogens is 1. The van der Waals surface area contributed by atoms with Crippen LogP contribution in [0.2, 0.25) is 5.02 Å². The Hall–Kier alpha value is -2.03. The predicted molar refractivity (Wildman–Crippen MR) is 111 cm³/mol. The Bertz CT molecular complexity index is 736. The second-order valence-corrected chi connectivity index (χ2v) is 7.86. The van der Waals surface area contributed by atoms with Crippen molar-refractivity contribution in [2.45, 2.75) is 45.1 Å². The third-order valence-electron chi connectivity index (χ3n) is 5.51. The number of hydrogen-bond acceptors (Lipinski definition) is 3. The quantitative estimate of drug-likeness (QED) is 0.685. The molecule has 2 aliphatic rings. The van der Waals surface area contributed by atoms with Crippen molar-refractivity contribution in [2.75, 3.05) is 32.8 Å². The van der Waals surface area contributed by atoms with Gasteiger partial charge in [0.1, 0.15) is 0 Å². The molecule has 28 heavy (non-hydrogen) atoms. The smallest absolute Gasteiger partial charge is 0.320 e. The predicted octanol–water partition coefficient (Wildman–Crippen LogP) is 4.72. The average molecular weight is 402 g/mol. The van der Waals surface area contributed by atoms with Crippen LogP contribution >= 0.6 is 11.6 Å². The molecular formula is C22H28ClN3O2. The molecule has 0 spiro atoms. The number of amides is 2. The molecule has 6 heteroatoms. The Balaban J connectivity index is 1.55. The third kappa shape index (κ3) is 5.06. The maximum Gasteiger partial charge on any atom is 0.320 e. The molecule has 2 saturated heterocycles. The molecule has 2 fully saturated rings. The molecule has 3 rings (SSSR count). The molecule has 150 valence electrons. The molecule has 0 radical (unpaired) electrons. The van der Waals surface area contributed by atoms with Crippen LogP contribution in [0.3, 0.4) is 0 Å². The van der Waals surface area contributed by atoms with Crippen LogP contribution in [0.25, 0.3) is 5.57 Å². The fourth-order valence-corrected chi connectivity index (χ4v) is 4.01. The van der Waals surface area contributed by atoms with Gasteiger partial charge >= 0.3 is 6.03 Å². The van der Waals surface area contributed by atoms with Gasteiger partial charge in [0.2, 0.25) is 0 Å². The molecule has 0 aliphatic carbocycles. The molecule has 0 unspecified atom stereocenters. The molecule has 2 heterocycles.